The molecule has 0 unspecified atom stereocenters. The van der Waals surface area contributed by atoms with E-state index >= 15 is 0 Å². The van der Waals surface area contributed by atoms with Gasteiger partial charge in [0.05, 0.1) is 5.56 Å². The van der Waals surface area contributed by atoms with Crippen molar-refractivity contribution in [2.75, 3.05) is 5.32 Å². The maximum atomic E-state index is 13.6. The van der Waals surface area contributed by atoms with Gasteiger partial charge in [0.1, 0.15) is 29.9 Å². The van der Waals surface area contributed by atoms with Gasteiger partial charge in [-0.1, -0.05) is 129 Å². The van der Waals surface area contributed by atoms with E-state index in [2.05, 4.69) is 43.5 Å². The third kappa shape index (κ3) is 10.1. The predicted octanol–water partition coefficient (Wildman–Crippen LogP) is 10.7. The van der Waals surface area contributed by atoms with Gasteiger partial charge in [0.25, 0.3) is 5.91 Å². The van der Waals surface area contributed by atoms with E-state index in [9.17, 15) is 14.7 Å². The fourth-order valence-corrected chi connectivity index (χ4v) is 6.16. The number of benzene rings is 6. The number of carboxylic acid groups (broad SMARTS) is 1. The molecule has 1 atom stereocenters. The van der Waals surface area contributed by atoms with Gasteiger partial charge in [-0.15, -0.1) is 0 Å². The van der Waals surface area contributed by atoms with Gasteiger partial charge >= 0.3 is 5.97 Å². The molecule has 0 aliphatic carbocycles. The maximum absolute atomic E-state index is 13.6. The summed E-state index contributed by atoms with van der Waals surface area (Å²) in [4.78, 5) is 26.0. The van der Waals surface area contributed by atoms with Crippen LogP contribution in [0.1, 0.15) is 53.4 Å². The molecule has 0 fully saturated rings. The van der Waals surface area contributed by atoms with E-state index in [0.717, 1.165) is 39.3 Å². The molecule has 1 amide bonds. The molecule has 0 aliphatic heterocycles. The van der Waals surface area contributed by atoms with Crippen molar-refractivity contribution in [1.82, 2.24) is 5.32 Å². The van der Waals surface area contributed by atoms with Crippen molar-refractivity contribution in [3.8, 4) is 28.4 Å². The van der Waals surface area contributed by atoms with Gasteiger partial charge in [-0.3, -0.25) is 4.79 Å². The molecule has 8 heteroatoms. The summed E-state index contributed by atoms with van der Waals surface area (Å²) in [5, 5.41) is 16.5. The molecule has 0 radical (unpaired) electrons. The Bertz CT molecular complexity index is 2200. The Morgan fingerprint density at radius 1 is 0.722 bits per heavy atom. The number of hydrogen-bond acceptors (Lipinski definition) is 5. The largest absolute Gasteiger partial charge is 0.488 e. The first kappa shape index (κ1) is 37.7. The summed E-state index contributed by atoms with van der Waals surface area (Å²) >= 11 is 6.32. The molecule has 3 N–H and O–H groups in total. The minimum Gasteiger partial charge on any atom is -0.488 e. The second kappa shape index (κ2) is 17.2. The zero-order chi connectivity index (χ0) is 38.1. The molecule has 6 aromatic carbocycles. The van der Waals surface area contributed by atoms with Crippen molar-refractivity contribution >= 4 is 29.2 Å². The van der Waals surface area contributed by atoms with Crippen molar-refractivity contribution in [3.05, 3.63) is 178 Å². The van der Waals surface area contributed by atoms with E-state index in [-0.39, 0.29) is 17.4 Å². The number of aliphatic carboxylic acids is 1. The van der Waals surface area contributed by atoms with Crippen LogP contribution < -0.4 is 20.1 Å². The Kier molecular flexibility index (Phi) is 12.0. The summed E-state index contributed by atoms with van der Waals surface area (Å²) in [5.41, 5.74) is 6.64. The summed E-state index contributed by atoms with van der Waals surface area (Å²) in [6, 6.07) is 44.9. The lowest BCUT2D eigenvalue weighted by atomic mass is 9.87. The van der Waals surface area contributed by atoms with Crippen molar-refractivity contribution in [2.24, 2.45) is 0 Å². The molecule has 7 nitrogen and oxygen atoms in total. The minimum atomic E-state index is -1.18. The molecular weight excluding hydrogens is 696 g/mol. The average Bonchev–Trinajstić information content (AvgIpc) is 3.17. The average molecular weight is 739 g/mol. The number of anilines is 1. The standard InChI is InChI=1S/C46H43ClN2O5/c1-46(2,3)35-20-23-37(24-21-35)54-38-13-9-12-33(26-38)29-48-41-25-22-36(47)28-40(41)44(50)49-42(45(51)52)27-31-16-18-34(19-17-31)39-14-7-8-15-43(39)53-30-32-10-5-4-6-11-32/h4-26,28,42,48H,27,29-30H2,1-3H3,(H,49,50)(H,51,52)/t42-/m0/s1. The van der Waals surface area contributed by atoms with Crippen molar-refractivity contribution < 1.29 is 24.2 Å². The van der Waals surface area contributed by atoms with Crippen LogP contribution in [0.15, 0.2) is 146 Å². The van der Waals surface area contributed by atoms with Crippen LogP contribution in [0.2, 0.25) is 5.02 Å². The van der Waals surface area contributed by atoms with Crippen LogP contribution >= 0.6 is 11.6 Å². The van der Waals surface area contributed by atoms with Crippen molar-refractivity contribution in [1.29, 1.82) is 0 Å². The third-order valence-electron chi connectivity index (χ3n) is 9.00. The maximum Gasteiger partial charge on any atom is 0.326 e. The van der Waals surface area contributed by atoms with E-state index < -0.39 is 17.9 Å². The first-order valence-electron chi connectivity index (χ1n) is 17.8. The summed E-state index contributed by atoms with van der Waals surface area (Å²) in [6.07, 6.45) is 0.0859. The minimum absolute atomic E-state index is 0.0515. The molecule has 0 heterocycles. The van der Waals surface area contributed by atoms with Crippen LogP contribution in [-0.4, -0.2) is 23.0 Å². The Balaban J connectivity index is 1.10. The predicted molar refractivity (Wildman–Crippen MR) is 216 cm³/mol. The number of ether oxygens (including phenoxy) is 2. The van der Waals surface area contributed by atoms with Gasteiger partial charge in [0, 0.05) is 29.2 Å². The summed E-state index contributed by atoms with van der Waals surface area (Å²) in [7, 11) is 0. The summed E-state index contributed by atoms with van der Waals surface area (Å²) < 4.78 is 12.3. The first-order chi connectivity index (χ1) is 26.0. The highest BCUT2D eigenvalue weighted by Crippen LogP contribution is 2.31. The Morgan fingerprint density at radius 2 is 1.43 bits per heavy atom. The van der Waals surface area contributed by atoms with Crippen LogP contribution in [0.3, 0.4) is 0 Å². The lowest BCUT2D eigenvalue weighted by molar-refractivity contribution is -0.139. The van der Waals surface area contributed by atoms with Gasteiger partial charge in [0.2, 0.25) is 0 Å². The number of carbonyl (C=O) groups excluding carboxylic acids is 1. The fraction of sp³-hybridized carbons (Fsp3) is 0.174. The van der Waals surface area contributed by atoms with E-state index in [0.29, 0.717) is 29.6 Å². The molecule has 274 valence electrons. The Labute approximate surface area is 321 Å². The van der Waals surface area contributed by atoms with Crippen LogP contribution in [-0.2, 0) is 29.8 Å². The molecule has 0 bridgehead atoms. The lowest BCUT2D eigenvalue weighted by Gasteiger charge is -2.19. The number of amides is 1. The molecular formula is C46H43ClN2O5. The SMILES string of the molecule is CC(C)(C)c1ccc(Oc2cccc(CNc3ccc(Cl)cc3C(=O)N[C@@H](Cc3ccc(-c4ccccc4OCc4ccccc4)cc3)C(=O)O)c2)cc1. The summed E-state index contributed by atoms with van der Waals surface area (Å²) in [6.45, 7) is 7.34. The lowest BCUT2D eigenvalue weighted by Crippen LogP contribution is -2.42. The third-order valence-corrected chi connectivity index (χ3v) is 9.23. The Hall–Kier alpha value is -6.05. The van der Waals surface area contributed by atoms with Gasteiger partial charge in [-0.05, 0) is 81.8 Å². The number of nitrogens with one attached hydrogen (secondary N) is 2. The van der Waals surface area contributed by atoms with E-state index in [1.165, 1.54) is 11.6 Å². The monoisotopic (exact) mass is 738 g/mol. The molecule has 6 aromatic rings. The van der Waals surface area contributed by atoms with Crippen molar-refractivity contribution in [2.45, 2.75) is 51.8 Å². The molecule has 0 saturated heterocycles. The first-order valence-corrected chi connectivity index (χ1v) is 18.2. The van der Waals surface area contributed by atoms with E-state index in [1.807, 2.05) is 115 Å². The highest BCUT2D eigenvalue weighted by Gasteiger charge is 2.23. The molecule has 0 spiro atoms. The van der Waals surface area contributed by atoms with Crippen LogP contribution in [0.5, 0.6) is 17.2 Å². The van der Waals surface area contributed by atoms with E-state index in [1.54, 1.807) is 12.1 Å². The Morgan fingerprint density at radius 3 is 2.15 bits per heavy atom. The number of halogens is 1. The van der Waals surface area contributed by atoms with E-state index in [4.69, 9.17) is 21.1 Å². The molecule has 0 saturated carbocycles. The van der Waals surface area contributed by atoms with Gasteiger partial charge < -0.3 is 25.2 Å². The smallest absolute Gasteiger partial charge is 0.326 e. The van der Waals surface area contributed by atoms with Crippen LogP contribution in [0.25, 0.3) is 11.1 Å². The zero-order valence-electron chi connectivity index (χ0n) is 30.5. The highest BCUT2D eigenvalue weighted by molar-refractivity contribution is 6.31. The quantitative estimate of drug-likeness (QED) is 0.103. The fourth-order valence-electron chi connectivity index (χ4n) is 5.99. The van der Waals surface area contributed by atoms with Crippen molar-refractivity contribution in [3.63, 3.8) is 0 Å². The number of hydrogen-bond donors (Lipinski definition) is 3. The second-order valence-electron chi connectivity index (χ2n) is 14.1. The van der Waals surface area contributed by atoms with Gasteiger partial charge in [-0.25, -0.2) is 4.79 Å². The molecule has 6 rings (SSSR count). The molecule has 0 aromatic heterocycles. The van der Waals surface area contributed by atoms with Gasteiger partial charge in [-0.2, -0.15) is 0 Å². The molecule has 54 heavy (non-hydrogen) atoms. The molecule has 0 aliphatic rings. The van der Waals surface area contributed by atoms with Crippen LogP contribution in [0.4, 0.5) is 5.69 Å². The number of carboxylic acids is 1. The normalized spacial score (nSPS) is 11.7. The van der Waals surface area contributed by atoms with Gasteiger partial charge in [0.15, 0.2) is 0 Å². The highest BCUT2D eigenvalue weighted by atomic mass is 35.5. The number of para-hydroxylation sites is 1. The number of carbonyl (C=O) groups is 2. The topological polar surface area (TPSA) is 96.9 Å². The summed E-state index contributed by atoms with van der Waals surface area (Å²) in [5.74, 6) is 0.476. The van der Waals surface area contributed by atoms with Crippen LogP contribution in [0, 0.1) is 0 Å². The zero-order valence-corrected chi connectivity index (χ0v) is 31.3. The number of rotatable bonds is 14. The second-order valence-corrected chi connectivity index (χ2v) is 14.5.